The number of rotatable bonds is 6. The van der Waals surface area contributed by atoms with Crippen molar-refractivity contribution in [3.05, 3.63) is 0 Å². The summed E-state index contributed by atoms with van der Waals surface area (Å²) in [6, 6.07) is 3.11. The number of hydrogen-bond donors (Lipinski definition) is 1. The molecule has 0 aromatic rings. The van der Waals surface area contributed by atoms with Crippen molar-refractivity contribution in [2.75, 3.05) is 0 Å². The van der Waals surface area contributed by atoms with Crippen molar-refractivity contribution < 1.29 is 0 Å². The molecule has 15 heavy (non-hydrogen) atoms. The molecule has 1 N–H and O–H groups in total. The molecule has 86 valence electrons. The molecule has 0 aromatic carbocycles. The fraction of sp³-hybridized carbons (Fsp3) is 0.923. The average molecular weight is 208 g/mol. The Morgan fingerprint density at radius 2 is 2.00 bits per heavy atom. The van der Waals surface area contributed by atoms with Crippen LogP contribution in [0, 0.1) is 11.3 Å². The van der Waals surface area contributed by atoms with Crippen LogP contribution >= 0.6 is 0 Å². The minimum absolute atomic E-state index is 0.0969. The summed E-state index contributed by atoms with van der Waals surface area (Å²) in [6.45, 7) is 2.20. The molecular formula is C13H24N2. The molecule has 1 saturated carbocycles. The van der Waals surface area contributed by atoms with Crippen LogP contribution in [0.4, 0.5) is 0 Å². The molecule has 0 aromatic heterocycles. The van der Waals surface area contributed by atoms with Gasteiger partial charge in [-0.2, -0.15) is 5.26 Å². The second-order valence-electron chi connectivity index (χ2n) is 4.68. The molecule has 0 aliphatic heterocycles. The van der Waals surface area contributed by atoms with E-state index in [9.17, 15) is 0 Å². The van der Waals surface area contributed by atoms with Crippen LogP contribution < -0.4 is 5.32 Å². The highest BCUT2D eigenvalue weighted by Gasteiger charge is 2.16. The SMILES string of the molecule is CCCCCC(C#N)NC1CCCCC1. The summed E-state index contributed by atoms with van der Waals surface area (Å²) >= 11 is 0. The molecule has 0 heterocycles. The van der Waals surface area contributed by atoms with Gasteiger partial charge in [0, 0.05) is 6.04 Å². The van der Waals surface area contributed by atoms with Gasteiger partial charge in [0.15, 0.2) is 0 Å². The van der Waals surface area contributed by atoms with E-state index in [2.05, 4.69) is 18.3 Å². The number of nitrogens with one attached hydrogen (secondary N) is 1. The number of unbranched alkanes of at least 4 members (excludes halogenated alkanes) is 2. The van der Waals surface area contributed by atoms with Gasteiger partial charge in [-0.05, 0) is 19.3 Å². The monoisotopic (exact) mass is 208 g/mol. The fourth-order valence-corrected chi connectivity index (χ4v) is 2.34. The lowest BCUT2D eigenvalue weighted by Crippen LogP contribution is -2.38. The van der Waals surface area contributed by atoms with Crippen molar-refractivity contribution in [1.29, 1.82) is 5.26 Å². The van der Waals surface area contributed by atoms with Gasteiger partial charge >= 0.3 is 0 Å². The lowest BCUT2D eigenvalue weighted by molar-refractivity contribution is 0.348. The third-order valence-electron chi connectivity index (χ3n) is 3.29. The highest BCUT2D eigenvalue weighted by Crippen LogP contribution is 2.18. The third-order valence-corrected chi connectivity index (χ3v) is 3.29. The fourth-order valence-electron chi connectivity index (χ4n) is 2.34. The van der Waals surface area contributed by atoms with Crippen molar-refractivity contribution in [2.24, 2.45) is 0 Å². The van der Waals surface area contributed by atoms with Gasteiger partial charge in [-0.25, -0.2) is 0 Å². The van der Waals surface area contributed by atoms with Crippen molar-refractivity contribution >= 4 is 0 Å². The summed E-state index contributed by atoms with van der Waals surface area (Å²) in [7, 11) is 0. The first-order valence-corrected chi connectivity index (χ1v) is 6.52. The normalized spacial score (nSPS) is 19.7. The van der Waals surface area contributed by atoms with Crippen LogP contribution in [0.2, 0.25) is 0 Å². The van der Waals surface area contributed by atoms with E-state index >= 15 is 0 Å². The minimum atomic E-state index is 0.0969. The molecular weight excluding hydrogens is 184 g/mol. The van der Waals surface area contributed by atoms with Gasteiger partial charge in [0.1, 0.15) is 0 Å². The van der Waals surface area contributed by atoms with Gasteiger partial charge in [-0.15, -0.1) is 0 Å². The van der Waals surface area contributed by atoms with E-state index < -0.39 is 0 Å². The van der Waals surface area contributed by atoms with Crippen molar-refractivity contribution in [2.45, 2.75) is 76.8 Å². The molecule has 1 rings (SSSR count). The van der Waals surface area contributed by atoms with Crippen LogP contribution in [0.15, 0.2) is 0 Å². The van der Waals surface area contributed by atoms with E-state index in [-0.39, 0.29) is 6.04 Å². The average Bonchev–Trinajstić information content (AvgIpc) is 2.29. The maximum Gasteiger partial charge on any atom is 0.0955 e. The summed E-state index contributed by atoms with van der Waals surface area (Å²) in [5.41, 5.74) is 0. The van der Waals surface area contributed by atoms with Crippen molar-refractivity contribution in [3.63, 3.8) is 0 Å². The Kier molecular flexibility index (Phi) is 6.43. The maximum atomic E-state index is 9.04. The molecule has 1 aliphatic rings. The Labute approximate surface area is 94.1 Å². The van der Waals surface area contributed by atoms with Gasteiger partial charge in [0.2, 0.25) is 0 Å². The largest absolute Gasteiger partial charge is 0.299 e. The molecule has 2 heteroatoms. The van der Waals surface area contributed by atoms with E-state index in [1.165, 1.54) is 51.4 Å². The zero-order chi connectivity index (χ0) is 10.9. The first-order chi connectivity index (χ1) is 7.36. The number of hydrogen-bond acceptors (Lipinski definition) is 2. The molecule has 0 radical (unpaired) electrons. The summed E-state index contributed by atoms with van der Waals surface area (Å²) in [5, 5.41) is 12.5. The molecule has 0 bridgehead atoms. The van der Waals surface area contributed by atoms with E-state index in [4.69, 9.17) is 5.26 Å². The highest BCUT2D eigenvalue weighted by atomic mass is 14.9. The van der Waals surface area contributed by atoms with Gasteiger partial charge in [-0.1, -0.05) is 45.4 Å². The molecule has 1 unspecified atom stereocenters. The zero-order valence-corrected chi connectivity index (χ0v) is 9.97. The number of nitriles is 1. The van der Waals surface area contributed by atoms with E-state index in [1.54, 1.807) is 0 Å². The Morgan fingerprint density at radius 3 is 2.60 bits per heavy atom. The maximum absolute atomic E-state index is 9.04. The summed E-state index contributed by atoms with van der Waals surface area (Å²) in [5.74, 6) is 0. The molecule has 1 fully saturated rings. The van der Waals surface area contributed by atoms with Gasteiger partial charge in [0.05, 0.1) is 12.1 Å². The van der Waals surface area contributed by atoms with Gasteiger partial charge in [-0.3, -0.25) is 5.32 Å². The topological polar surface area (TPSA) is 35.8 Å². The van der Waals surface area contributed by atoms with Crippen LogP contribution in [-0.2, 0) is 0 Å². The predicted molar refractivity (Wildman–Crippen MR) is 63.6 cm³/mol. The molecule has 2 nitrogen and oxygen atoms in total. The van der Waals surface area contributed by atoms with Crippen LogP contribution in [0.25, 0.3) is 0 Å². The second-order valence-corrected chi connectivity index (χ2v) is 4.68. The smallest absolute Gasteiger partial charge is 0.0955 e. The van der Waals surface area contributed by atoms with Crippen LogP contribution in [0.1, 0.15) is 64.7 Å². The quantitative estimate of drug-likeness (QED) is 0.679. The van der Waals surface area contributed by atoms with E-state index in [1.807, 2.05) is 0 Å². The predicted octanol–water partition coefficient (Wildman–Crippen LogP) is 3.38. The van der Waals surface area contributed by atoms with Crippen molar-refractivity contribution in [1.82, 2.24) is 5.32 Å². The van der Waals surface area contributed by atoms with Gasteiger partial charge < -0.3 is 0 Å². The molecule has 1 aliphatic carbocycles. The first-order valence-electron chi connectivity index (χ1n) is 6.52. The number of nitrogens with zero attached hydrogens (tertiary/aromatic N) is 1. The second kappa shape index (κ2) is 7.70. The molecule has 0 amide bonds. The van der Waals surface area contributed by atoms with Crippen LogP contribution in [-0.4, -0.2) is 12.1 Å². The molecule has 0 saturated heterocycles. The van der Waals surface area contributed by atoms with Crippen LogP contribution in [0.5, 0.6) is 0 Å². The van der Waals surface area contributed by atoms with Crippen LogP contribution in [0.3, 0.4) is 0 Å². The Morgan fingerprint density at radius 1 is 1.27 bits per heavy atom. The highest BCUT2D eigenvalue weighted by molar-refractivity contribution is 4.92. The van der Waals surface area contributed by atoms with E-state index in [0.29, 0.717) is 6.04 Å². The van der Waals surface area contributed by atoms with E-state index in [0.717, 1.165) is 6.42 Å². The lowest BCUT2D eigenvalue weighted by Gasteiger charge is -2.25. The van der Waals surface area contributed by atoms with Gasteiger partial charge in [0.25, 0.3) is 0 Å². The Hall–Kier alpha value is -0.550. The third kappa shape index (κ3) is 5.18. The summed E-state index contributed by atoms with van der Waals surface area (Å²) in [4.78, 5) is 0. The standard InChI is InChI=1S/C13H24N2/c1-2-3-5-10-13(11-14)15-12-8-6-4-7-9-12/h12-13,15H,2-10H2,1H3. The zero-order valence-electron chi connectivity index (χ0n) is 9.97. The Balaban J connectivity index is 2.17. The molecule has 1 atom stereocenters. The molecule has 0 spiro atoms. The first kappa shape index (κ1) is 12.5. The van der Waals surface area contributed by atoms with Crippen molar-refractivity contribution in [3.8, 4) is 6.07 Å². The minimum Gasteiger partial charge on any atom is -0.299 e. The Bertz CT molecular complexity index is 189. The summed E-state index contributed by atoms with van der Waals surface area (Å²) in [6.07, 6.45) is 11.3. The lowest BCUT2D eigenvalue weighted by atomic mass is 9.94. The summed E-state index contributed by atoms with van der Waals surface area (Å²) < 4.78 is 0.